The lowest BCUT2D eigenvalue weighted by Gasteiger charge is -2.14. The van der Waals surface area contributed by atoms with E-state index in [4.69, 9.17) is 5.73 Å². The molecule has 7 nitrogen and oxygen atoms in total. The highest BCUT2D eigenvalue weighted by molar-refractivity contribution is 7.09. The normalized spacial score (nSPS) is 12.5. The summed E-state index contributed by atoms with van der Waals surface area (Å²) < 4.78 is 2.18. The maximum absolute atomic E-state index is 12.2. The van der Waals surface area contributed by atoms with Crippen LogP contribution in [0, 0.1) is 0 Å². The Morgan fingerprint density at radius 3 is 2.67 bits per heavy atom. The predicted molar refractivity (Wildman–Crippen MR) is 111 cm³/mol. The van der Waals surface area contributed by atoms with Crippen molar-refractivity contribution in [1.29, 1.82) is 0 Å². The first kappa shape index (κ1) is 21.3. The minimum Gasteiger partial charge on any atom is -0.325 e. The van der Waals surface area contributed by atoms with Gasteiger partial charge in [0.1, 0.15) is 16.5 Å². The summed E-state index contributed by atoms with van der Waals surface area (Å²) in [6.07, 6.45) is 3.32. The van der Waals surface area contributed by atoms with Gasteiger partial charge in [0.25, 0.3) is 5.91 Å². The standard InChI is InChI=1S/C17H18N6OS.2ClH/c18-9-15-20-13(10-25-15)17(24)19-12-6-4-11(5-7-12)16-22-21-14-3-1-2-8-23(14)16;;/h4-7,10H,1-3,8-9,18H2,(H,19,24);2*1H. The molecular formula is C17H20Cl2N6OS. The molecule has 3 N–H and O–H groups in total. The van der Waals surface area contributed by atoms with E-state index in [-0.39, 0.29) is 30.7 Å². The Labute approximate surface area is 173 Å². The molecule has 3 heterocycles. The third-order valence-corrected chi connectivity index (χ3v) is 5.09. The third-order valence-electron chi connectivity index (χ3n) is 4.22. The van der Waals surface area contributed by atoms with E-state index in [1.165, 1.54) is 17.8 Å². The van der Waals surface area contributed by atoms with Gasteiger partial charge in [-0.25, -0.2) is 4.98 Å². The van der Waals surface area contributed by atoms with E-state index in [1.807, 2.05) is 24.3 Å². The fourth-order valence-corrected chi connectivity index (χ4v) is 3.58. The van der Waals surface area contributed by atoms with Crippen LogP contribution in [-0.4, -0.2) is 25.7 Å². The molecule has 144 valence electrons. The highest BCUT2D eigenvalue weighted by Crippen LogP contribution is 2.24. The molecule has 0 aliphatic carbocycles. The van der Waals surface area contributed by atoms with Crippen molar-refractivity contribution < 1.29 is 4.79 Å². The van der Waals surface area contributed by atoms with E-state index < -0.39 is 0 Å². The molecule has 10 heteroatoms. The fourth-order valence-electron chi connectivity index (χ4n) is 2.93. The fraction of sp³-hybridized carbons (Fsp3) is 0.294. The number of carbonyl (C=O) groups is 1. The average molecular weight is 427 g/mol. The largest absolute Gasteiger partial charge is 0.325 e. The minimum absolute atomic E-state index is 0. The molecular weight excluding hydrogens is 407 g/mol. The minimum atomic E-state index is -0.233. The highest BCUT2D eigenvalue weighted by atomic mass is 35.5. The molecule has 1 aromatic carbocycles. The van der Waals surface area contributed by atoms with Gasteiger partial charge in [-0.1, -0.05) is 0 Å². The van der Waals surface area contributed by atoms with Crippen molar-refractivity contribution in [3.8, 4) is 11.4 Å². The van der Waals surface area contributed by atoms with Crippen LogP contribution in [0.1, 0.15) is 34.2 Å². The molecule has 0 bridgehead atoms. The number of thiazole rings is 1. The van der Waals surface area contributed by atoms with E-state index in [1.54, 1.807) is 5.38 Å². The van der Waals surface area contributed by atoms with Gasteiger partial charge in [-0.3, -0.25) is 4.79 Å². The molecule has 0 radical (unpaired) electrons. The van der Waals surface area contributed by atoms with E-state index in [9.17, 15) is 4.79 Å². The van der Waals surface area contributed by atoms with Gasteiger partial charge in [0, 0.05) is 36.1 Å². The second-order valence-corrected chi connectivity index (χ2v) is 6.85. The number of benzene rings is 1. The zero-order chi connectivity index (χ0) is 17.2. The smallest absolute Gasteiger partial charge is 0.275 e. The quantitative estimate of drug-likeness (QED) is 0.666. The van der Waals surface area contributed by atoms with Crippen LogP contribution in [0.15, 0.2) is 29.6 Å². The van der Waals surface area contributed by atoms with Crippen molar-refractivity contribution in [3.05, 3.63) is 46.2 Å². The molecule has 2 aromatic heterocycles. The molecule has 27 heavy (non-hydrogen) atoms. The number of rotatable bonds is 4. The van der Waals surface area contributed by atoms with Crippen LogP contribution >= 0.6 is 36.2 Å². The van der Waals surface area contributed by atoms with Crippen LogP contribution in [-0.2, 0) is 19.5 Å². The molecule has 1 aliphatic heterocycles. The first-order valence-electron chi connectivity index (χ1n) is 8.23. The Morgan fingerprint density at radius 1 is 1.19 bits per heavy atom. The number of anilines is 1. The summed E-state index contributed by atoms with van der Waals surface area (Å²) in [5, 5.41) is 13.9. The lowest BCUT2D eigenvalue weighted by molar-refractivity contribution is 0.102. The summed E-state index contributed by atoms with van der Waals surface area (Å²) in [7, 11) is 0. The molecule has 0 unspecified atom stereocenters. The molecule has 0 saturated heterocycles. The Balaban J connectivity index is 0.00000131. The molecule has 1 aliphatic rings. The van der Waals surface area contributed by atoms with Crippen molar-refractivity contribution >= 4 is 47.7 Å². The predicted octanol–water partition coefficient (Wildman–Crippen LogP) is 3.29. The van der Waals surface area contributed by atoms with E-state index in [2.05, 4.69) is 25.1 Å². The van der Waals surface area contributed by atoms with Gasteiger partial charge in [-0.15, -0.1) is 46.3 Å². The summed E-state index contributed by atoms with van der Waals surface area (Å²) >= 11 is 1.39. The average Bonchev–Trinajstić information content (AvgIpc) is 3.29. The van der Waals surface area contributed by atoms with Gasteiger partial charge >= 0.3 is 0 Å². The van der Waals surface area contributed by atoms with E-state index in [0.29, 0.717) is 12.2 Å². The lowest BCUT2D eigenvalue weighted by atomic mass is 10.1. The molecule has 0 spiro atoms. The number of amides is 1. The van der Waals surface area contributed by atoms with Gasteiger partial charge in [0.2, 0.25) is 0 Å². The number of halogens is 2. The second-order valence-electron chi connectivity index (χ2n) is 5.91. The van der Waals surface area contributed by atoms with Gasteiger partial charge < -0.3 is 15.6 Å². The second kappa shape index (κ2) is 9.27. The van der Waals surface area contributed by atoms with E-state index >= 15 is 0 Å². The number of nitrogens with zero attached hydrogens (tertiary/aromatic N) is 4. The van der Waals surface area contributed by atoms with Crippen LogP contribution < -0.4 is 11.1 Å². The van der Waals surface area contributed by atoms with Crippen LogP contribution in [0.4, 0.5) is 5.69 Å². The Hall–Kier alpha value is -2.00. The van der Waals surface area contributed by atoms with Gasteiger partial charge in [-0.2, -0.15) is 0 Å². The SMILES string of the molecule is Cl.Cl.NCc1nc(C(=O)Nc2ccc(-c3nnc4n3CCCC4)cc2)cs1. The Kier molecular flexibility index (Phi) is 7.32. The zero-order valence-corrected chi connectivity index (χ0v) is 16.9. The van der Waals surface area contributed by atoms with Gasteiger partial charge in [0.05, 0.1) is 0 Å². The van der Waals surface area contributed by atoms with Crippen LogP contribution in [0.2, 0.25) is 0 Å². The zero-order valence-electron chi connectivity index (χ0n) is 14.4. The Bertz CT molecular complexity index is 909. The Morgan fingerprint density at radius 2 is 1.96 bits per heavy atom. The number of nitrogens with two attached hydrogens (primary N) is 1. The van der Waals surface area contributed by atoms with Crippen LogP contribution in [0.3, 0.4) is 0 Å². The first-order valence-corrected chi connectivity index (χ1v) is 9.11. The van der Waals surface area contributed by atoms with Crippen LogP contribution in [0.25, 0.3) is 11.4 Å². The number of fused-ring (bicyclic) bond motifs is 1. The molecule has 4 rings (SSSR count). The van der Waals surface area contributed by atoms with Crippen molar-refractivity contribution in [2.75, 3.05) is 5.32 Å². The van der Waals surface area contributed by atoms with Gasteiger partial charge in [0.15, 0.2) is 5.82 Å². The third kappa shape index (κ3) is 4.47. The number of hydrogen-bond acceptors (Lipinski definition) is 6. The number of aryl methyl sites for hydroxylation is 1. The van der Waals surface area contributed by atoms with Crippen LogP contribution in [0.5, 0.6) is 0 Å². The summed E-state index contributed by atoms with van der Waals surface area (Å²) in [5.41, 5.74) is 7.64. The lowest BCUT2D eigenvalue weighted by Crippen LogP contribution is -2.13. The maximum atomic E-state index is 12.2. The number of nitrogens with one attached hydrogen (secondary N) is 1. The maximum Gasteiger partial charge on any atom is 0.275 e. The van der Waals surface area contributed by atoms with Gasteiger partial charge in [-0.05, 0) is 37.1 Å². The summed E-state index contributed by atoms with van der Waals surface area (Å²) in [6.45, 7) is 1.30. The first-order chi connectivity index (χ1) is 12.2. The molecule has 3 aromatic rings. The number of aromatic nitrogens is 4. The highest BCUT2D eigenvalue weighted by Gasteiger charge is 2.17. The van der Waals surface area contributed by atoms with Crippen molar-refractivity contribution in [2.45, 2.75) is 32.4 Å². The summed E-state index contributed by atoms with van der Waals surface area (Å²) in [5.74, 6) is 1.71. The monoisotopic (exact) mass is 426 g/mol. The molecule has 1 amide bonds. The summed E-state index contributed by atoms with van der Waals surface area (Å²) in [4.78, 5) is 16.4. The van der Waals surface area contributed by atoms with Crippen molar-refractivity contribution in [1.82, 2.24) is 19.7 Å². The van der Waals surface area contributed by atoms with E-state index in [0.717, 1.165) is 47.3 Å². The molecule has 0 atom stereocenters. The summed E-state index contributed by atoms with van der Waals surface area (Å²) in [6, 6.07) is 7.64. The molecule has 0 fully saturated rings. The van der Waals surface area contributed by atoms with Crippen molar-refractivity contribution in [3.63, 3.8) is 0 Å². The molecule has 0 saturated carbocycles. The topological polar surface area (TPSA) is 98.7 Å². The number of hydrogen-bond donors (Lipinski definition) is 2. The number of carbonyl (C=O) groups excluding carboxylic acids is 1. The van der Waals surface area contributed by atoms with Crippen molar-refractivity contribution in [2.24, 2.45) is 5.73 Å².